The van der Waals surface area contributed by atoms with E-state index in [1.165, 1.54) is 4.90 Å². The maximum absolute atomic E-state index is 11.9. The Balaban J connectivity index is 2.30. The van der Waals surface area contributed by atoms with Crippen LogP contribution in [0.5, 0.6) is 0 Å². The van der Waals surface area contributed by atoms with E-state index in [2.05, 4.69) is 11.4 Å². The highest BCUT2D eigenvalue weighted by Gasteiger charge is 2.32. The quantitative estimate of drug-likeness (QED) is 0.420. The zero-order valence-electron chi connectivity index (χ0n) is 12.9. The van der Waals surface area contributed by atoms with E-state index in [-0.39, 0.29) is 5.97 Å². The van der Waals surface area contributed by atoms with Crippen molar-refractivity contribution in [3.05, 3.63) is 29.3 Å². The highest BCUT2D eigenvalue weighted by atomic mass is 35.5. The molecule has 0 bridgehead atoms. The van der Waals surface area contributed by atoms with Gasteiger partial charge in [0.15, 0.2) is 0 Å². The maximum atomic E-state index is 11.9. The SMILES string of the molecule is CCOC(=O)C(C)(CCCCSc1cccc(Cl)c1)NC. The van der Waals surface area contributed by atoms with Crippen LogP contribution >= 0.6 is 23.4 Å². The highest BCUT2D eigenvalue weighted by Crippen LogP contribution is 2.24. The Morgan fingerprint density at radius 2 is 2.19 bits per heavy atom. The van der Waals surface area contributed by atoms with Crippen LogP contribution in [0.4, 0.5) is 0 Å². The lowest BCUT2D eigenvalue weighted by Gasteiger charge is -2.26. The van der Waals surface area contributed by atoms with Crippen molar-refractivity contribution in [1.29, 1.82) is 0 Å². The number of thioether (sulfide) groups is 1. The minimum Gasteiger partial charge on any atom is -0.465 e. The summed E-state index contributed by atoms with van der Waals surface area (Å²) in [5.41, 5.74) is -0.587. The van der Waals surface area contributed by atoms with Gasteiger partial charge in [-0.15, -0.1) is 11.8 Å². The van der Waals surface area contributed by atoms with Gasteiger partial charge in [0.2, 0.25) is 0 Å². The molecule has 0 aliphatic heterocycles. The minimum absolute atomic E-state index is 0.171. The first kappa shape index (κ1) is 18.3. The van der Waals surface area contributed by atoms with E-state index in [1.54, 1.807) is 18.8 Å². The molecule has 0 aliphatic carbocycles. The van der Waals surface area contributed by atoms with Gasteiger partial charge in [0, 0.05) is 9.92 Å². The number of benzene rings is 1. The second kappa shape index (κ2) is 9.34. The van der Waals surface area contributed by atoms with E-state index >= 15 is 0 Å². The summed E-state index contributed by atoms with van der Waals surface area (Å²) < 4.78 is 5.12. The molecule has 1 atom stereocenters. The van der Waals surface area contributed by atoms with Gasteiger partial charge in [-0.2, -0.15) is 0 Å². The third kappa shape index (κ3) is 6.29. The summed E-state index contributed by atoms with van der Waals surface area (Å²) in [5, 5.41) is 3.85. The summed E-state index contributed by atoms with van der Waals surface area (Å²) in [5.74, 6) is 0.846. The lowest BCUT2D eigenvalue weighted by molar-refractivity contribution is -0.150. The van der Waals surface area contributed by atoms with Gasteiger partial charge in [-0.05, 0) is 57.7 Å². The molecule has 0 amide bonds. The van der Waals surface area contributed by atoms with Crippen molar-refractivity contribution in [3.8, 4) is 0 Å². The van der Waals surface area contributed by atoms with Crippen LogP contribution in [-0.4, -0.2) is 30.9 Å². The molecule has 0 aromatic heterocycles. The Morgan fingerprint density at radius 3 is 2.81 bits per heavy atom. The number of rotatable bonds is 9. The van der Waals surface area contributed by atoms with Crippen LogP contribution < -0.4 is 5.32 Å². The predicted molar refractivity (Wildman–Crippen MR) is 90.1 cm³/mol. The number of esters is 1. The minimum atomic E-state index is -0.587. The Kier molecular flexibility index (Phi) is 8.15. The van der Waals surface area contributed by atoms with Crippen LogP contribution in [0.1, 0.15) is 33.1 Å². The van der Waals surface area contributed by atoms with Crippen LogP contribution in [0.15, 0.2) is 29.2 Å². The van der Waals surface area contributed by atoms with E-state index in [0.29, 0.717) is 6.61 Å². The number of hydrogen-bond acceptors (Lipinski definition) is 4. The summed E-state index contributed by atoms with van der Waals surface area (Å²) >= 11 is 7.75. The van der Waals surface area contributed by atoms with Crippen molar-refractivity contribution in [3.63, 3.8) is 0 Å². The van der Waals surface area contributed by atoms with E-state index < -0.39 is 5.54 Å². The Morgan fingerprint density at radius 1 is 1.43 bits per heavy atom. The summed E-state index contributed by atoms with van der Waals surface area (Å²) in [7, 11) is 1.80. The number of hydrogen-bond donors (Lipinski definition) is 1. The standard InChI is InChI=1S/C16H24ClNO2S/c1-4-20-15(19)16(2,18-3)10-5-6-11-21-14-9-7-8-13(17)12-14/h7-9,12,18H,4-6,10-11H2,1-3H3. The fraction of sp³-hybridized carbons (Fsp3) is 0.562. The molecular weight excluding hydrogens is 306 g/mol. The normalized spacial score (nSPS) is 13.7. The van der Waals surface area contributed by atoms with Gasteiger partial charge >= 0.3 is 5.97 Å². The van der Waals surface area contributed by atoms with Crippen molar-refractivity contribution >= 4 is 29.3 Å². The molecule has 0 saturated heterocycles. The topological polar surface area (TPSA) is 38.3 Å². The van der Waals surface area contributed by atoms with Crippen molar-refractivity contribution in [2.24, 2.45) is 0 Å². The maximum Gasteiger partial charge on any atom is 0.326 e. The number of unbranched alkanes of at least 4 members (excludes halogenated alkanes) is 1. The predicted octanol–water partition coefficient (Wildman–Crippen LogP) is 4.14. The second-order valence-electron chi connectivity index (χ2n) is 5.07. The van der Waals surface area contributed by atoms with Crippen LogP contribution in [0, 0.1) is 0 Å². The lowest BCUT2D eigenvalue weighted by Crippen LogP contribution is -2.48. The first-order valence-corrected chi connectivity index (χ1v) is 8.62. The number of halogens is 1. The molecular formula is C16H24ClNO2S. The fourth-order valence-electron chi connectivity index (χ4n) is 1.95. The van der Waals surface area contributed by atoms with Crippen LogP contribution in [0.2, 0.25) is 5.02 Å². The monoisotopic (exact) mass is 329 g/mol. The second-order valence-corrected chi connectivity index (χ2v) is 6.67. The van der Waals surface area contributed by atoms with Gasteiger partial charge in [-0.1, -0.05) is 24.1 Å². The fourth-order valence-corrected chi connectivity index (χ4v) is 3.17. The molecule has 1 rings (SSSR count). The lowest BCUT2D eigenvalue weighted by atomic mass is 9.95. The van der Waals surface area contributed by atoms with Crippen LogP contribution in [-0.2, 0) is 9.53 Å². The van der Waals surface area contributed by atoms with Crippen molar-refractivity contribution in [2.45, 2.75) is 43.5 Å². The third-order valence-electron chi connectivity index (χ3n) is 3.41. The van der Waals surface area contributed by atoms with E-state index in [9.17, 15) is 4.79 Å². The zero-order chi connectivity index (χ0) is 15.7. The first-order chi connectivity index (χ1) is 10.0. The number of likely N-dealkylation sites (N-methyl/N-ethyl adjacent to an activating group) is 1. The van der Waals surface area contributed by atoms with Crippen molar-refractivity contribution < 1.29 is 9.53 Å². The molecule has 0 spiro atoms. The number of carbonyl (C=O) groups is 1. The van der Waals surface area contributed by atoms with Gasteiger partial charge in [-0.25, -0.2) is 0 Å². The summed E-state index contributed by atoms with van der Waals surface area (Å²) in [6.45, 7) is 4.14. The molecule has 1 aromatic rings. The molecule has 21 heavy (non-hydrogen) atoms. The number of ether oxygens (including phenoxy) is 1. The van der Waals surface area contributed by atoms with Gasteiger partial charge < -0.3 is 10.1 Å². The van der Waals surface area contributed by atoms with Gasteiger partial charge in [0.25, 0.3) is 0 Å². The molecule has 1 N–H and O–H groups in total. The molecule has 0 aliphatic rings. The van der Waals surface area contributed by atoms with Crippen molar-refractivity contribution in [2.75, 3.05) is 19.4 Å². The largest absolute Gasteiger partial charge is 0.465 e. The van der Waals surface area contributed by atoms with Crippen LogP contribution in [0.25, 0.3) is 0 Å². The van der Waals surface area contributed by atoms with E-state index in [1.807, 2.05) is 32.0 Å². The summed E-state index contributed by atoms with van der Waals surface area (Å²) in [6, 6.07) is 7.88. The number of nitrogens with one attached hydrogen (secondary N) is 1. The van der Waals surface area contributed by atoms with Gasteiger partial charge in [0.05, 0.1) is 6.61 Å². The molecule has 1 unspecified atom stereocenters. The average molecular weight is 330 g/mol. The molecule has 0 saturated carbocycles. The molecule has 3 nitrogen and oxygen atoms in total. The number of carbonyl (C=O) groups excluding carboxylic acids is 1. The average Bonchev–Trinajstić information content (AvgIpc) is 2.47. The molecule has 5 heteroatoms. The Hall–Kier alpha value is -0.710. The Labute approximate surface area is 136 Å². The van der Waals surface area contributed by atoms with Gasteiger partial charge in [0.1, 0.15) is 5.54 Å². The Bertz CT molecular complexity index is 456. The summed E-state index contributed by atoms with van der Waals surface area (Å²) in [6.07, 6.45) is 2.80. The van der Waals surface area contributed by atoms with Gasteiger partial charge in [-0.3, -0.25) is 4.79 Å². The van der Waals surface area contributed by atoms with Crippen molar-refractivity contribution in [1.82, 2.24) is 5.32 Å². The highest BCUT2D eigenvalue weighted by molar-refractivity contribution is 7.99. The molecule has 0 radical (unpaired) electrons. The first-order valence-electron chi connectivity index (χ1n) is 7.26. The zero-order valence-corrected chi connectivity index (χ0v) is 14.5. The molecule has 1 aromatic carbocycles. The third-order valence-corrected chi connectivity index (χ3v) is 4.73. The molecule has 0 fully saturated rings. The molecule has 118 valence electrons. The van der Waals surface area contributed by atoms with E-state index in [0.717, 1.165) is 30.0 Å². The van der Waals surface area contributed by atoms with E-state index in [4.69, 9.17) is 16.3 Å². The molecule has 0 heterocycles. The summed E-state index contributed by atoms with van der Waals surface area (Å²) in [4.78, 5) is 13.1. The smallest absolute Gasteiger partial charge is 0.326 e. The van der Waals surface area contributed by atoms with Crippen LogP contribution in [0.3, 0.4) is 0 Å².